The predicted octanol–water partition coefficient (Wildman–Crippen LogP) is 0.413. The third-order valence-corrected chi connectivity index (χ3v) is 4.74. The average Bonchev–Trinajstić information content (AvgIpc) is 2.48. The lowest BCUT2D eigenvalue weighted by Crippen LogP contribution is -2.52. The molecule has 0 bridgehead atoms. The third kappa shape index (κ3) is 2.01. The van der Waals surface area contributed by atoms with Crippen molar-refractivity contribution in [3.63, 3.8) is 0 Å². The van der Waals surface area contributed by atoms with Gasteiger partial charge in [0.25, 0.3) is 10.0 Å². The number of nitrogens with zero attached hydrogens (tertiary/aromatic N) is 2. The maximum Gasteiger partial charge on any atom is 0.484 e. The zero-order chi connectivity index (χ0) is 14.2. The van der Waals surface area contributed by atoms with E-state index >= 15 is 0 Å². The zero-order valence-corrected chi connectivity index (χ0v) is 11.2. The fraction of sp³-hybridized carbons (Fsp3) is 0. The van der Waals surface area contributed by atoms with Gasteiger partial charge >= 0.3 is 7.05 Å². The Morgan fingerprint density at radius 2 is 1.65 bits per heavy atom. The minimum absolute atomic E-state index is 0.0931. The molecule has 100 valence electrons. The lowest BCUT2D eigenvalue weighted by molar-refractivity contribution is 0.476. The Balaban J connectivity index is 2.06. The van der Waals surface area contributed by atoms with Crippen LogP contribution in [-0.2, 0) is 10.0 Å². The summed E-state index contributed by atoms with van der Waals surface area (Å²) in [6, 6.07) is 14.9. The molecule has 20 heavy (non-hydrogen) atoms. The first kappa shape index (κ1) is 12.9. The van der Waals surface area contributed by atoms with Crippen LogP contribution in [-0.4, -0.2) is 31.0 Å². The number of benzene rings is 2. The zero-order valence-electron chi connectivity index (χ0n) is 10.4. The van der Waals surface area contributed by atoms with Gasteiger partial charge in [-0.05, 0) is 23.2 Å². The Kier molecular flexibility index (Phi) is 3.08. The molecular weight excluding hydrogens is 275 g/mol. The van der Waals surface area contributed by atoms with E-state index in [4.69, 9.17) is 0 Å². The first-order chi connectivity index (χ1) is 9.60. The third-order valence-electron chi connectivity index (χ3n) is 3.08. The van der Waals surface area contributed by atoms with Gasteiger partial charge in [0.2, 0.25) is 0 Å². The molecule has 2 aromatic rings. The summed E-state index contributed by atoms with van der Waals surface area (Å²) in [5.74, 6) is 0. The van der Waals surface area contributed by atoms with Crippen molar-refractivity contribution in [3.05, 3.63) is 60.2 Å². The van der Waals surface area contributed by atoms with Gasteiger partial charge in [-0.3, -0.25) is 0 Å². The first-order valence-corrected chi connectivity index (χ1v) is 7.45. The molecule has 0 aromatic heterocycles. The number of hydrazone groups is 1. The highest BCUT2D eigenvalue weighted by Gasteiger charge is 2.37. The number of fused-ring (bicyclic) bond motifs is 1. The topological polar surface area (TPSA) is 70.0 Å². The molecule has 0 atom stereocenters. The second kappa shape index (κ2) is 4.77. The highest BCUT2D eigenvalue weighted by molar-refractivity contribution is 7.90. The summed E-state index contributed by atoms with van der Waals surface area (Å²) in [4.78, 5) is 0.0931. The van der Waals surface area contributed by atoms with Crippen LogP contribution in [0.25, 0.3) is 0 Å². The number of rotatable bonds is 2. The SMILES string of the molecule is O=S(=O)(c1ccccc1)N1N=Cc2ccccc2B1O. The Labute approximate surface area is 117 Å². The fourth-order valence-electron chi connectivity index (χ4n) is 2.06. The van der Waals surface area contributed by atoms with Crippen LogP contribution in [0.1, 0.15) is 5.56 Å². The van der Waals surface area contributed by atoms with Gasteiger partial charge in [-0.15, -0.1) is 0 Å². The highest BCUT2D eigenvalue weighted by atomic mass is 32.2. The standard InChI is InChI=1S/C13H11BN2O3S/c17-14-13-9-5-4-6-11(13)10-15-16(14)20(18,19)12-7-2-1-3-8-12/h1-10,17H. The van der Waals surface area contributed by atoms with Crippen LogP contribution in [0.3, 0.4) is 0 Å². The van der Waals surface area contributed by atoms with E-state index in [2.05, 4.69) is 5.10 Å². The van der Waals surface area contributed by atoms with Crippen molar-refractivity contribution in [2.45, 2.75) is 4.90 Å². The van der Waals surface area contributed by atoms with Crippen LogP contribution in [0.5, 0.6) is 0 Å². The van der Waals surface area contributed by atoms with E-state index in [-0.39, 0.29) is 4.90 Å². The van der Waals surface area contributed by atoms with Gasteiger partial charge in [-0.25, -0.2) is 8.42 Å². The molecule has 0 aliphatic carbocycles. The minimum Gasteiger partial charge on any atom is -0.427 e. The molecule has 0 fully saturated rings. The number of hydrogen-bond acceptors (Lipinski definition) is 4. The molecule has 7 heteroatoms. The first-order valence-electron chi connectivity index (χ1n) is 6.01. The van der Waals surface area contributed by atoms with E-state index in [0.717, 1.165) is 4.33 Å². The second-order valence-corrected chi connectivity index (χ2v) is 6.13. The van der Waals surface area contributed by atoms with E-state index < -0.39 is 17.1 Å². The minimum atomic E-state index is -3.87. The molecule has 3 rings (SSSR count). The van der Waals surface area contributed by atoms with Gasteiger partial charge in [0.05, 0.1) is 11.1 Å². The van der Waals surface area contributed by atoms with Gasteiger partial charge in [0.1, 0.15) is 0 Å². The van der Waals surface area contributed by atoms with Gasteiger partial charge in [0, 0.05) is 0 Å². The van der Waals surface area contributed by atoms with Crippen LogP contribution in [0.2, 0.25) is 0 Å². The molecule has 2 aromatic carbocycles. The van der Waals surface area contributed by atoms with Crippen molar-refractivity contribution in [1.29, 1.82) is 0 Å². The smallest absolute Gasteiger partial charge is 0.427 e. The Morgan fingerprint density at radius 1 is 1.00 bits per heavy atom. The number of sulfonamides is 1. The summed E-state index contributed by atoms with van der Waals surface area (Å²) in [6.07, 6.45) is 1.43. The van der Waals surface area contributed by atoms with Crippen LogP contribution in [0.4, 0.5) is 0 Å². The van der Waals surface area contributed by atoms with Crippen LogP contribution >= 0.6 is 0 Å². The summed E-state index contributed by atoms with van der Waals surface area (Å²) in [5, 5.41) is 14.1. The van der Waals surface area contributed by atoms with Gasteiger partial charge in [-0.1, -0.05) is 42.5 Å². The molecule has 0 amide bonds. The molecule has 1 aliphatic heterocycles. The van der Waals surface area contributed by atoms with Crippen molar-refractivity contribution in [2.24, 2.45) is 5.10 Å². The van der Waals surface area contributed by atoms with E-state index in [1.807, 2.05) is 0 Å². The molecule has 0 saturated carbocycles. The van der Waals surface area contributed by atoms with E-state index in [1.165, 1.54) is 18.3 Å². The van der Waals surface area contributed by atoms with Crippen molar-refractivity contribution >= 4 is 28.8 Å². The molecule has 1 N–H and O–H groups in total. The lowest BCUT2D eigenvalue weighted by atomic mass is 9.72. The Hall–Kier alpha value is -2.12. The van der Waals surface area contributed by atoms with Gasteiger partial charge in [-0.2, -0.15) is 9.43 Å². The lowest BCUT2D eigenvalue weighted by Gasteiger charge is -2.25. The molecule has 1 heterocycles. The largest absolute Gasteiger partial charge is 0.484 e. The van der Waals surface area contributed by atoms with Crippen LogP contribution in [0.15, 0.2) is 64.6 Å². The quantitative estimate of drug-likeness (QED) is 0.813. The predicted molar refractivity (Wildman–Crippen MR) is 77.1 cm³/mol. The summed E-state index contributed by atoms with van der Waals surface area (Å²) >= 11 is 0. The van der Waals surface area contributed by atoms with E-state index in [0.29, 0.717) is 11.0 Å². The van der Waals surface area contributed by atoms with Crippen molar-refractivity contribution in [2.75, 3.05) is 0 Å². The summed E-state index contributed by atoms with van der Waals surface area (Å²) < 4.78 is 25.6. The van der Waals surface area contributed by atoms with Crippen molar-refractivity contribution in [1.82, 2.24) is 4.33 Å². The maximum atomic E-state index is 12.5. The molecular formula is C13H11BN2O3S. The summed E-state index contributed by atoms with van der Waals surface area (Å²) in [6.45, 7) is 0. The molecule has 1 aliphatic rings. The molecule has 0 unspecified atom stereocenters. The second-order valence-electron chi connectivity index (χ2n) is 4.34. The highest BCUT2D eigenvalue weighted by Crippen LogP contribution is 2.18. The maximum absolute atomic E-state index is 12.5. The normalized spacial score (nSPS) is 14.2. The number of hydrogen-bond donors (Lipinski definition) is 1. The summed E-state index contributed by atoms with van der Waals surface area (Å²) in [5.41, 5.74) is 1.22. The molecule has 5 nitrogen and oxygen atoms in total. The van der Waals surface area contributed by atoms with E-state index in [1.54, 1.807) is 42.5 Å². The Morgan fingerprint density at radius 3 is 2.40 bits per heavy atom. The molecule has 0 spiro atoms. The molecule has 0 saturated heterocycles. The van der Waals surface area contributed by atoms with Crippen molar-refractivity contribution < 1.29 is 13.4 Å². The fourth-order valence-corrected chi connectivity index (χ4v) is 3.32. The van der Waals surface area contributed by atoms with Gasteiger partial charge < -0.3 is 5.02 Å². The van der Waals surface area contributed by atoms with Crippen LogP contribution < -0.4 is 5.46 Å². The van der Waals surface area contributed by atoms with E-state index in [9.17, 15) is 13.4 Å². The summed E-state index contributed by atoms with van der Waals surface area (Å²) in [7, 11) is -5.19. The monoisotopic (exact) mass is 286 g/mol. The average molecular weight is 286 g/mol. The van der Waals surface area contributed by atoms with Crippen LogP contribution in [0, 0.1) is 0 Å². The molecule has 0 radical (unpaired) electrons. The van der Waals surface area contributed by atoms with Gasteiger partial charge in [0.15, 0.2) is 0 Å². The Bertz CT molecular complexity index is 762. The van der Waals surface area contributed by atoms with Crippen molar-refractivity contribution in [3.8, 4) is 0 Å².